The molecule has 0 aliphatic heterocycles. The lowest BCUT2D eigenvalue weighted by Crippen LogP contribution is -2.31. The third-order valence-corrected chi connectivity index (χ3v) is 2.34. The molecule has 6 heteroatoms. The Bertz CT molecular complexity index is 323. The molecule has 2 N–H and O–H groups in total. The Morgan fingerprint density at radius 1 is 1.46 bits per heavy atom. The highest BCUT2D eigenvalue weighted by molar-refractivity contribution is 6.57. The average Bonchev–Trinajstić information content (AvgIpc) is 2.04. The van der Waals surface area contributed by atoms with Crippen LogP contribution in [0.3, 0.4) is 0 Å². The highest BCUT2D eigenvalue weighted by Crippen LogP contribution is 2.32. The van der Waals surface area contributed by atoms with Gasteiger partial charge in [-0.2, -0.15) is 0 Å². The van der Waals surface area contributed by atoms with Crippen LogP contribution in [0, 0.1) is 0 Å². The van der Waals surface area contributed by atoms with Crippen molar-refractivity contribution < 1.29 is 4.79 Å². The Kier molecular flexibility index (Phi) is 3.01. The van der Waals surface area contributed by atoms with E-state index in [2.05, 4.69) is 4.98 Å². The van der Waals surface area contributed by atoms with Crippen LogP contribution in [0.1, 0.15) is 5.69 Å². The van der Waals surface area contributed by atoms with Gasteiger partial charge in [0.2, 0.25) is 4.33 Å². The Hall–Kier alpha value is -0.510. The number of nitrogens with two attached hydrogens (primary N) is 1. The van der Waals surface area contributed by atoms with Crippen LogP contribution in [0.5, 0.6) is 0 Å². The zero-order valence-electron chi connectivity index (χ0n) is 6.30. The van der Waals surface area contributed by atoms with E-state index in [9.17, 15) is 4.79 Å². The van der Waals surface area contributed by atoms with Crippen molar-refractivity contribution in [1.82, 2.24) is 4.98 Å². The molecule has 1 heterocycles. The largest absolute Gasteiger partial charge is 0.367 e. The fourth-order valence-corrected chi connectivity index (χ4v) is 1.02. The molecule has 0 bridgehead atoms. The van der Waals surface area contributed by atoms with Crippen LogP contribution in [0.4, 0.5) is 0 Å². The summed E-state index contributed by atoms with van der Waals surface area (Å²) in [6.45, 7) is 0. The molecule has 0 saturated carbocycles. The lowest BCUT2D eigenvalue weighted by molar-refractivity contribution is -0.118. The monoisotopic (exact) mass is 238 g/mol. The zero-order valence-corrected chi connectivity index (χ0v) is 8.57. The number of amides is 1. The molecule has 0 fully saturated rings. The van der Waals surface area contributed by atoms with E-state index >= 15 is 0 Å². The number of primary amides is 1. The van der Waals surface area contributed by atoms with E-state index in [1.165, 1.54) is 18.3 Å². The summed E-state index contributed by atoms with van der Waals surface area (Å²) in [6, 6.07) is 2.96. The molecule has 0 radical (unpaired) electrons. The SMILES string of the molecule is NC(=O)C(Cl)(Cl)c1ccc(Cl)cn1. The second-order valence-corrected chi connectivity index (χ2v) is 4.06. The lowest BCUT2D eigenvalue weighted by atomic mass is 10.2. The van der Waals surface area contributed by atoms with Crippen molar-refractivity contribution in [3.05, 3.63) is 29.0 Å². The number of aromatic nitrogens is 1. The van der Waals surface area contributed by atoms with Gasteiger partial charge in [0.15, 0.2) is 0 Å². The van der Waals surface area contributed by atoms with Crippen molar-refractivity contribution in [3.8, 4) is 0 Å². The molecule has 13 heavy (non-hydrogen) atoms. The standard InChI is InChI=1S/C7H5Cl3N2O/c8-4-1-2-5(12-3-4)7(9,10)6(11)13/h1-3H,(H2,11,13). The van der Waals surface area contributed by atoms with Crippen LogP contribution in [0.25, 0.3) is 0 Å². The Labute approximate surface area is 89.8 Å². The summed E-state index contributed by atoms with van der Waals surface area (Å²) >= 11 is 16.8. The van der Waals surface area contributed by atoms with Gasteiger partial charge in [0.05, 0.1) is 10.7 Å². The third-order valence-electron chi connectivity index (χ3n) is 1.36. The summed E-state index contributed by atoms with van der Waals surface area (Å²) < 4.78 is -1.80. The highest BCUT2D eigenvalue weighted by atomic mass is 35.5. The number of carbonyl (C=O) groups excluding carboxylic acids is 1. The summed E-state index contributed by atoms with van der Waals surface area (Å²) in [5.41, 5.74) is 5.12. The fraction of sp³-hybridized carbons (Fsp3) is 0.143. The van der Waals surface area contributed by atoms with Crippen molar-refractivity contribution in [1.29, 1.82) is 0 Å². The molecule has 1 aromatic heterocycles. The molecule has 0 aliphatic carbocycles. The van der Waals surface area contributed by atoms with Gasteiger partial charge >= 0.3 is 0 Å². The highest BCUT2D eigenvalue weighted by Gasteiger charge is 2.35. The molecular formula is C7H5Cl3N2O. The second kappa shape index (κ2) is 3.70. The molecule has 0 unspecified atom stereocenters. The smallest absolute Gasteiger partial charge is 0.260 e. The lowest BCUT2D eigenvalue weighted by Gasteiger charge is -2.13. The van der Waals surface area contributed by atoms with Gasteiger partial charge < -0.3 is 5.73 Å². The van der Waals surface area contributed by atoms with Gasteiger partial charge in [-0.3, -0.25) is 9.78 Å². The molecule has 0 saturated heterocycles. The first-order chi connectivity index (χ1) is 5.94. The minimum Gasteiger partial charge on any atom is -0.367 e. The van der Waals surface area contributed by atoms with Gasteiger partial charge in [0.1, 0.15) is 0 Å². The predicted octanol–water partition coefficient (Wildman–Crippen LogP) is 1.85. The summed E-state index contributed by atoms with van der Waals surface area (Å²) in [7, 11) is 0. The number of rotatable bonds is 2. The molecule has 70 valence electrons. The van der Waals surface area contributed by atoms with E-state index in [4.69, 9.17) is 40.5 Å². The van der Waals surface area contributed by atoms with Gasteiger partial charge in [0, 0.05) is 6.20 Å². The summed E-state index contributed by atoms with van der Waals surface area (Å²) in [6.07, 6.45) is 1.33. The minimum absolute atomic E-state index is 0.160. The van der Waals surface area contributed by atoms with E-state index < -0.39 is 10.2 Å². The number of pyridine rings is 1. The Morgan fingerprint density at radius 3 is 2.46 bits per heavy atom. The minimum atomic E-state index is -1.80. The van der Waals surface area contributed by atoms with Gasteiger partial charge in [-0.25, -0.2) is 0 Å². The second-order valence-electron chi connectivity index (χ2n) is 2.30. The van der Waals surface area contributed by atoms with Crippen molar-refractivity contribution >= 4 is 40.7 Å². The Balaban J connectivity index is 3.08. The zero-order chi connectivity index (χ0) is 10.1. The van der Waals surface area contributed by atoms with Crippen LogP contribution < -0.4 is 5.73 Å². The first-order valence-corrected chi connectivity index (χ1v) is 4.37. The number of hydrogen-bond donors (Lipinski definition) is 1. The van der Waals surface area contributed by atoms with Crippen molar-refractivity contribution in [3.63, 3.8) is 0 Å². The van der Waals surface area contributed by atoms with Crippen molar-refractivity contribution in [2.24, 2.45) is 5.73 Å². The maximum atomic E-state index is 10.8. The van der Waals surface area contributed by atoms with E-state index in [-0.39, 0.29) is 5.69 Å². The third kappa shape index (κ3) is 2.24. The van der Waals surface area contributed by atoms with Crippen LogP contribution >= 0.6 is 34.8 Å². The van der Waals surface area contributed by atoms with E-state index in [1.807, 2.05) is 0 Å². The van der Waals surface area contributed by atoms with Crippen LogP contribution in [0.15, 0.2) is 18.3 Å². The van der Waals surface area contributed by atoms with Crippen LogP contribution in [0.2, 0.25) is 5.02 Å². The van der Waals surface area contributed by atoms with Crippen LogP contribution in [-0.2, 0) is 9.13 Å². The number of carbonyl (C=O) groups is 1. The molecular weight excluding hydrogens is 234 g/mol. The summed E-state index contributed by atoms with van der Waals surface area (Å²) in [5, 5.41) is 0.428. The van der Waals surface area contributed by atoms with Crippen molar-refractivity contribution in [2.45, 2.75) is 4.33 Å². The quantitative estimate of drug-likeness (QED) is 0.801. The van der Waals surface area contributed by atoms with Crippen LogP contribution in [-0.4, -0.2) is 10.9 Å². The average molecular weight is 239 g/mol. The van der Waals surface area contributed by atoms with Gasteiger partial charge in [-0.1, -0.05) is 34.8 Å². The number of halogens is 3. The molecule has 1 rings (SSSR count). The normalized spacial score (nSPS) is 11.3. The number of alkyl halides is 2. The van der Waals surface area contributed by atoms with E-state index in [0.717, 1.165) is 0 Å². The Morgan fingerprint density at radius 2 is 2.08 bits per heavy atom. The van der Waals surface area contributed by atoms with E-state index in [0.29, 0.717) is 5.02 Å². The summed E-state index contributed by atoms with van der Waals surface area (Å²) in [4.78, 5) is 14.6. The molecule has 1 amide bonds. The van der Waals surface area contributed by atoms with Gasteiger partial charge in [-0.15, -0.1) is 0 Å². The van der Waals surface area contributed by atoms with E-state index in [1.54, 1.807) is 0 Å². The van der Waals surface area contributed by atoms with Gasteiger partial charge in [-0.05, 0) is 12.1 Å². The number of hydrogen-bond acceptors (Lipinski definition) is 2. The summed E-state index contributed by atoms with van der Waals surface area (Å²) in [5.74, 6) is -0.870. The fourth-order valence-electron chi connectivity index (χ4n) is 0.688. The predicted molar refractivity (Wildman–Crippen MR) is 51.8 cm³/mol. The maximum Gasteiger partial charge on any atom is 0.260 e. The molecule has 0 atom stereocenters. The number of nitrogens with zero attached hydrogens (tertiary/aromatic N) is 1. The molecule has 3 nitrogen and oxygen atoms in total. The molecule has 1 aromatic rings. The topological polar surface area (TPSA) is 56.0 Å². The first kappa shape index (κ1) is 10.6. The maximum absolute atomic E-state index is 10.8. The van der Waals surface area contributed by atoms with Gasteiger partial charge in [0.25, 0.3) is 5.91 Å². The molecule has 0 spiro atoms. The first-order valence-electron chi connectivity index (χ1n) is 3.24. The molecule has 0 aliphatic rings. The molecule has 0 aromatic carbocycles. The van der Waals surface area contributed by atoms with Crippen molar-refractivity contribution in [2.75, 3.05) is 0 Å².